The molecule has 0 aliphatic carbocycles. The van der Waals surface area contributed by atoms with Gasteiger partial charge in [0.1, 0.15) is 0 Å². The quantitative estimate of drug-likeness (QED) is 0.253. The lowest BCUT2D eigenvalue weighted by atomic mass is 10.2. The van der Waals surface area contributed by atoms with Crippen molar-refractivity contribution in [3.8, 4) is 0 Å². The lowest BCUT2D eigenvalue weighted by Crippen LogP contribution is -2.87. The maximum atomic E-state index is 11.5. The van der Waals surface area contributed by atoms with Crippen LogP contribution in [0.2, 0.25) is 0 Å². The molecule has 0 saturated carbocycles. The molecular weight excluding hydrogens is 222 g/mol. The minimum atomic E-state index is -0.708. The molecule has 90 valence electrons. The van der Waals surface area contributed by atoms with Crippen molar-refractivity contribution in [2.75, 3.05) is 6.61 Å². The Labute approximate surface area is 98.4 Å². The molecule has 1 rings (SSSR count). The van der Waals surface area contributed by atoms with Gasteiger partial charge in [0.05, 0.1) is 6.61 Å². The average Bonchev–Trinajstić information content (AvgIpc) is 2.36. The molecule has 0 aliphatic rings. The van der Waals surface area contributed by atoms with E-state index in [1.165, 1.54) is 0 Å². The second kappa shape index (κ2) is 6.26. The fraction of sp³-hybridized carbons (Fsp3) is 0.182. The number of hydrazine groups is 1. The van der Waals surface area contributed by atoms with Crippen LogP contribution >= 0.6 is 0 Å². The van der Waals surface area contributed by atoms with E-state index in [9.17, 15) is 9.59 Å². The average molecular weight is 236 g/mol. The van der Waals surface area contributed by atoms with Crippen LogP contribution in [0.4, 0.5) is 0 Å². The van der Waals surface area contributed by atoms with Crippen LogP contribution in [0.3, 0.4) is 0 Å². The molecule has 1 aromatic carbocycles. The number of amidine groups is 1. The van der Waals surface area contributed by atoms with E-state index in [-0.39, 0.29) is 12.4 Å². The highest BCUT2D eigenvalue weighted by molar-refractivity contribution is 6.32. The maximum Gasteiger partial charge on any atom is 0.423 e. The van der Waals surface area contributed by atoms with Gasteiger partial charge in [-0.2, -0.15) is 10.5 Å². The molecule has 1 amide bonds. The van der Waals surface area contributed by atoms with Crippen molar-refractivity contribution in [1.82, 2.24) is 5.43 Å². The lowest BCUT2D eigenvalue weighted by Gasteiger charge is -1.99. The Morgan fingerprint density at radius 3 is 2.59 bits per heavy atom. The fourth-order valence-electron chi connectivity index (χ4n) is 1.05. The first kappa shape index (κ1) is 12.7. The van der Waals surface area contributed by atoms with Crippen LogP contribution in [-0.4, -0.2) is 24.3 Å². The Balaban J connectivity index is 2.59. The van der Waals surface area contributed by atoms with Gasteiger partial charge in [-0.05, 0) is 19.1 Å². The summed E-state index contributed by atoms with van der Waals surface area (Å²) < 4.78 is 4.63. The molecule has 0 unspecified atom stereocenters. The summed E-state index contributed by atoms with van der Waals surface area (Å²) in [7, 11) is 0. The number of nitrogens with one attached hydrogen (secondary N) is 2. The molecule has 0 saturated heterocycles. The second-order valence-corrected chi connectivity index (χ2v) is 3.08. The highest BCUT2D eigenvalue weighted by Gasteiger charge is 2.14. The number of hydrogen-bond donors (Lipinski definition) is 3. The number of nitrogens with two attached hydrogens (primary N) is 1. The molecule has 1 aromatic rings. The summed E-state index contributed by atoms with van der Waals surface area (Å²) in [6.45, 7) is 1.88. The molecule has 0 heterocycles. The Kier molecular flexibility index (Phi) is 4.68. The smallest absolute Gasteiger partial charge is 0.423 e. The van der Waals surface area contributed by atoms with Crippen molar-refractivity contribution < 1.29 is 19.4 Å². The number of benzene rings is 1. The van der Waals surface area contributed by atoms with E-state index in [2.05, 4.69) is 15.3 Å². The van der Waals surface area contributed by atoms with Gasteiger partial charge >= 0.3 is 11.8 Å². The summed E-state index contributed by atoms with van der Waals surface area (Å²) in [5.74, 6) is -1.37. The maximum absolute atomic E-state index is 11.5. The zero-order valence-corrected chi connectivity index (χ0v) is 9.40. The van der Waals surface area contributed by atoms with Crippen LogP contribution in [0.1, 0.15) is 17.3 Å². The first-order valence-corrected chi connectivity index (χ1v) is 5.06. The molecule has 0 fully saturated rings. The van der Waals surface area contributed by atoms with Crippen LogP contribution in [0, 0.1) is 0 Å². The number of rotatable bonds is 3. The van der Waals surface area contributed by atoms with Crippen LogP contribution in [-0.2, 0) is 9.53 Å². The molecule has 4 N–H and O–H groups in total. The van der Waals surface area contributed by atoms with Crippen LogP contribution in [0.5, 0.6) is 0 Å². The Morgan fingerprint density at radius 2 is 2.00 bits per heavy atom. The second-order valence-electron chi connectivity index (χ2n) is 3.08. The van der Waals surface area contributed by atoms with E-state index >= 15 is 0 Å². The summed E-state index contributed by atoms with van der Waals surface area (Å²) in [6, 6.07) is 8.53. The number of hydrogen-bond acceptors (Lipinski definition) is 3. The standard InChI is InChI=1S/C11H13N3O3/c1-2-17-11(16)9(12)13-14-10(15)8-6-4-3-5-7-8/h3-7H,2H2,1H3,(H2,12,13)(H,14,15)/p+1. The summed E-state index contributed by atoms with van der Waals surface area (Å²) >= 11 is 0. The molecule has 0 aliphatic heterocycles. The van der Waals surface area contributed by atoms with Crippen molar-refractivity contribution in [1.29, 1.82) is 0 Å². The van der Waals surface area contributed by atoms with Crippen molar-refractivity contribution in [2.24, 2.45) is 5.73 Å². The minimum absolute atomic E-state index is 0.216. The normalized spacial score (nSPS) is 10.8. The SMILES string of the molecule is CCOC(=O)C(N)=[NH+]NC(=O)c1ccccc1. The summed E-state index contributed by atoms with van der Waals surface area (Å²) in [4.78, 5) is 22.6. The topological polar surface area (TPSA) is 95.4 Å². The number of carbonyl (C=O) groups excluding carboxylic acids is 2. The van der Waals surface area contributed by atoms with Gasteiger partial charge in [-0.25, -0.2) is 4.79 Å². The number of carbonyl (C=O) groups is 2. The van der Waals surface area contributed by atoms with Gasteiger partial charge < -0.3 is 4.74 Å². The third-order valence-corrected chi connectivity index (χ3v) is 1.84. The molecule has 0 bridgehead atoms. The highest BCUT2D eigenvalue weighted by Crippen LogP contribution is 1.95. The van der Waals surface area contributed by atoms with Gasteiger partial charge in [0.25, 0.3) is 5.91 Å². The third kappa shape index (κ3) is 3.94. The van der Waals surface area contributed by atoms with Gasteiger partial charge in [-0.15, -0.1) is 0 Å². The predicted molar refractivity (Wildman–Crippen MR) is 60.7 cm³/mol. The van der Waals surface area contributed by atoms with Crippen molar-refractivity contribution >= 4 is 17.7 Å². The number of hydrazone groups is 1. The third-order valence-electron chi connectivity index (χ3n) is 1.84. The minimum Gasteiger partial charge on any atom is -0.457 e. The lowest BCUT2D eigenvalue weighted by molar-refractivity contribution is -0.508. The van der Waals surface area contributed by atoms with Gasteiger partial charge in [-0.3, -0.25) is 10.5 Å². The van der Waals surface area contributed by atoms with Gasteiger partial charge in [0.15, 0.2) is 0 Å². The van der Waals surface area contributed by atoms with Gasteiger partial charge in [0, 0.05) is 5.56 Å². The van der Waals surface area contributed by atoms with E-state index in [0.29, 0.717) is 5.56 Å². The number of ether oxygens (including phenoxy) is 1. The van der Waals surface area contributed by atoms with Crippen LogP contribution < -0.4 is 16.3 Å². The molecular formula is C11H14N3O3+. The largest absolute Gasteiger partial charge is 0.457 e. The summed E-state index contributed by atoms with van der Waals surface area (Å²) in [5, 5.41) is 2.29. The van der Waals surface area contributed by atoms with E-state index in [4.69, 9.17) is 5.73 Å². The molecule has 0 atom stereocenters. The molecule has 0 aromatic heterocycles. The van der Waals surface area contributed by atoms with Crippen molar-refractivity contribution in [2.45, 2.75) is 6.92 Å². The monoisotopic (exact) mass is 236 g/mol. The first-order chi connectivity index (χ1) is 8.15. The first-order valence-electron chi connectivity index (χ1n) is 5.06. The zero-order valence-electron chi connectivity index (χ0n) is 9.40. The summed E-state index contributed by atoms with van der Waals surface area (Å²) in [6.07, 6.45) is 0. The molecule has 6 heteroatoms. The molecule has 0 spiro atoms. The predicted octanol–water partition coefficient (Wildman–Crippen LogP) is -1.67. The van der Waals surface area contributed by atoms with E-state index in [1.54, 1.807) is 37.3 Å². The van der Waals surface area contributed by atoms with E-state index in [1.807, 2.05) is 0 Å². The zero-order chi connectivity index (χ0) is 12.7. The number of esters is 1. The van der Waals surface area contributed by atoms with Crippen LogP contribution in [0.25, 0.3) is 0 Å². The molecule has 17 heavy (non-hydrogen) atoms. The van der Waals surface area contributed by atoms with E-state index < -0.39 is 11.9 Å². The fourth-order valence-corrected chi connectivity index (χ4v) is 1.05. The van der Waals surface area contributed by atoms with E-state index in [0.717, 1.165) is 0 Å². The van der Waals surface area contributed by atoms with Gasteiger partial charge in [0.2, 0.25) is 0 Å². The highest BCUT2D eigenvalue weighted by atomic mass is 16.5. The van der Waals surface area contributed by atoms with Crippen molar-refractivity contribution in [3.63, 3.8) is 0 Å². The molecule has 0 radical (unpaired) electrons. The van der Waals surface area contributed by atoms with Gasteiger partial charge in [-0.1, -0.05) is 18.2 Å². The number of amides is 1. The Bertz CT molecular complexity index is 429. The Morgan fingerprint density at radius 1 is 1.35 bits per heavy atom. The van der Waals surface area contributed by atoms with Crippen LogP contribution in [0.15, 0.2) is 30.3 Å². The molecule has 6 nitrogen and oxygen atoms in total. The Hall–Kier alpha value is -2.37. The van der Waals surface area contributed by atoms with Crippen molar-refractivity contribution in [3.05, 3.63) is 35.9 Å². The summed E-state index contributed by atoms with van der Waals surface area (Å²) in [5.41, 5.74) is 8.09.